The van der Waals surface area contributed by atoms with Gasteiger partial charge in [0.2, 0.25) is 0 Å². The summed E-state index contributed by atoms with van der Waals surface area (Å²) in [5.41, 5.74) is 1.42. The Bertz CT molecular complexity index is 608. The third kappa shape index (κ3) is 2.99. The van der Waals surface area contributed by atoms with Crippen LogP contribution in [0.25, 0.3) is 0 Å². The molecule has 3 nitrogen and oxygen atoms in total. The lowest BCUT2D eigenvalue weighted by atomic mass is 9.64. The molecule has 3 heteroatoms. The number of carbonyl (C=O) groups excluding carboxylic acids is 1. The largest absolute Gasteiger partial charge is 0.345 e. The molecule has 0 saturated heterocycles. The number of fused-ring (bicyclic) bond motifs is 2. The van der Waals surface area contributed by atoms with Crippen LogP contribution in [-0.2, 0) is 11.3 Å². The number of benzene rings is 1. The summed E-state index contributed by atoms with van der Waals surface area (Å²) in [6.45, 7) is 8.38. The number of hydrogen-bond acceptors (Lipinski definition) is 1. The zero-order valence-electron chi connectivity index (χ0n) is 15.9. The van der Waals surface area contributed by atoms with Gasteiger partial charge in [-0.2, -0.15) is 0 Å². The van der Waals surface area contributed by atoms with Crippen molar-refractivity contribution in [2.75, 3.05) is 20.6 Å². The molecule has 2 saturated carbocycles. The first kappa shape index (κ1) is 17.5. The molecule has 0 unspecified atom stereocenters. The van der Waals surface area contributed by atoms with E-state index in [2.05, 4.69) is 64.4 Å². The van der Waals surface area contributed by atoms with E-state index in [-0.39, 0.29) is 16.9 Å². The van der Waals surface area contributed by atoms with Crippen LogP contribution in [0.2, 0.25) is 0 Å². The minimum absolute atomic E-state index is 0.0558. The second-order valence-corrected chi connectivity index (χ2v) is 9.42. The quantitative estimate of drug-likeness (QED) is 0.822. The average Bonchev–Trinajstić information content (AvgIpc) is 3.02. The monoisotopic (exact) mass is 329 g/mol. The third-order valence-electron chi connectivity index (χ3n) is 7.03. The molecule has 1 aromatic carbocycles. The van der Waals surface area contributed by atoms with Gasteiger partial charge in [-0.1, -0.05) is 44.2 Å². The van der Waals surface area contributed by atoms with E-state index in [9.17, 15) is 4.79 Å². The number of likely N-dealkylation sites (N-methyl/N-ethyl adjacent to an activating group) is 1. The molecular weight excluding hydrogens is 296 g/mol. The molecule has 0 heterocycles. The standard InChI is InChI=1S/C21H32N2O/c1-20(2)17-11-12-18(13-17)21(20,3)22-19(24)15-23(4,5)14-16-9-7-6-8-10-16/h6-10,17-18H,11-15H2,1-5H3/p+1/t17-,18-,21+/m0/s1. The van der Waals surface area contributed by atoms with E-state index in [1.165, 1.54) is 24.8 Å². The van der Waals surface area contributed by atoms with Crippen LogP contribution in [-0.4, -0.2) is 36.6 Å². The summed E-state index contributed by atoms with van der Waals surface area (Å²) < 4.78 is 0.681. The molecule has 0 aliphatic heterocycles. The van der Waals surface area contributed by atoms with Gasteiger partial charge in [0.15, 0.2) is 6.54 Å². The predicted molar refractivity (Wildman–Crippen MR) is 98.3 cm³/mol. The van der Waals surface area contributed by atoms with E-state index in [1.54, 1.807) is 0 Å². The van der Waals surface area contributed by atoms with Crippen molar-refractivity contribution in [1.29, 1.82) is 0 Å². The molecule has 132 valence electrons. The summed E-state index contributed by atoms with van der Waals surface area (Å²) in [5.74, 6) is 1.60. The summed E-state index contributed by atoms with van der Waals surface area (Å²) >= 11 is 0. The van der Waals surface area contributed by atoms with Gasteiger partial charge in [0.05, 0.1) is 14.1 Å². The number of nitrogens with one attached hydrogen (secondary N) is 1. The van der Waals surface area contributed by atoms with Crippen molar-refractivity contribution in [3.05, 3.63) is 35.9 Å². The highest BCUT2D eigenvalue weighted by Gasteiger charge is 2.61. The van der Waals surface area contributed by atoms with Gasteiger partial charge >= 0.3 is 0 Å². The van der Waals surface area contributed by atoms with E-state index in [4.69, 9.17) is 0 Å². The highest BCUT2D eigenvalue weighted by atomic mass is 16.2. The van der Waals surface area contributed by atoms with Gasteiger partial charge < -0.3 is 9.80 Å². The fourth-order valence-corrected chi connectivity index (χ4v) is 5.23. The Morgan fingerprint density at radius 2 is 1.75 bits per heavy atom. The summed E-state index contributed by atoms with van der Waals surface area (Å²) in [6, 6.07) is 10.4. The second-order valence-electron chi connectivity index (χ2n) is 9.42. The molecule has 2 aliphatic carbocycles. The lowest BCUT2D eigenvalue weighted by Crippen LogP contribution is -2.61. The molecule has 2 bridgehead atoms. The normalized spacial score (nSPS) is 31.2. The third-order valence-corrected chi connectivity index (χ3v) is 7.03. The lowest BCUT2D eigenvalue weighted by molar-refractivity contribution is -0.895. The molecule has 1 N–H and O–H groups in total. The zero-order valence-corrected chi connectivity index (χ0v) is 15.9. The van der Waals surface area contributed by atoms with Crippen LogP contribution in [0.5, 0.6) is 0 Å². The van der Waals surface area contributed by atoms with Crippen molar-refractivity contribution < 1.29 is 9.28 Å². The Morgan fingerprint density at radius 1 is 1.12 bits per heavy atom. The van der Waals surface area contributed by atoms with Gasteiger partial charge in [-0.25, -0.2) is 0 Å². The number of carbonyl (C=O) groups is 1. The molecule has 0 aromatic heterocycles. The van der Waals surface area contributed by atoms with Crippen LogP contribution >= 0.6 is 0 Å². The molecule has 24 heavy (non-hydrogen) atoms. The van der Waals surface area contributed by atoms with Crippen LogP contribution in [0.3, 0.4) is 0 Å². The number of nitrogens with zero attached hydrogens (tertiary/aromatic N) is 1. The first-order valence-corrected chi connectivity index (χ1v) is 9.31. The summed E-state index contributed by atoms with van der Waals surface area (Å²) in [4.78, 5) is 12.8. The molecule has 0 spiro atoms. The molecule has 1 amide bonds. The van der Waals surface area contributed by atoms with Crippen molar-refractivity contribution in [2.45, 2.75) is 52.1 Å². The SMILES string of the molecule is CC1(C)[C@H]2CC[C@@H](C2)[C@@]1(C)NC(=O)C[N+](C)(C)Cc1ccccc1. The van der Waals surface area contributed by atoms with Crippen molar-refractivity contribution in [2.24, 2.45) is 17.3 Å². The van der Waals surface area contributed by atoms with Gasteiger partial charge in [-0.15, -0.1) is 0 Å². The Labute approximate surface area is 147 Å². The van der Waals surface area contributed by atoms with E-state index in [1.807, 2.05) is 6.07 Å². The van der Waals surface area contributed by atoms with Crippen LogP contribution in [0, 0.1) is 17.3 Å². The van der Waals surface area contributed by atoms with Crippen molar-refractivity contribution in [3.8, 4) is 0 Å². The van der Waals surface area contributed by atoms with Crippen LogP contribution in [0.4, 0.5) is 0 Å². The van der Waals surface area contributed by atoms with Gasteiger partial charge in [-0.05, 0) is 43.4 Å². The number of quaternary nitrogens is 1. The van der Waals surface area contributed by atoms with E-state index in [0.29, 0.717) is 16.9 Å². The first-order chi connectivity index (χ1) is 11.1. The highest BCUT2D eigenvalue weighted by molar-refractivity contribution is 5.78. The predicted octanol–water partition coefficient (Wildman–Crippen LogP) is 3.59. The number of hydrogen-bond donors (Lipinski definition) is 1. The fourth-order valence-electron chi connectivity index (χ4n) is 5.23. The molecule has 0 radical (unpaired) electrons. The van der Waals surface area contributed by atoms with Gasteiger partial charge in [0.1, 0.15) is 6.54 Å². The van der Waals surface area contributed by atoms with Crippen LogP contribution in [0.15, 0.2) is 30.3 Å². The highest BCUT2D eigenvalue weighted by Crippen LogP contribution is 2.61. The maximum absolute atomic E-state index is 12.8. The van der Waals surface area contributed by atoms with Gasteiger partial charge in [0.25, 0.3) is 5.91 Å². The fraction of sp³-hybridized carbons (Fsp3) is 0.667. The smallest absolute Gasteiger partial charge is 0.275 e. The lowest BCUT2D eigenvalue weighted by Gasteiger charge is -2.48. The maximum atomic E-state index is 12.8. The van der Waals surface area contributed by atoms with E-state index < -0.39 is 0 Å². The molecular formula is C21H33N2O+. The Morgan fingerprint density at radius 3 is 2.33 bits per heavy atom. The summed E-state index contributed by atoms with van der Waals surface area (Å²) in [6.07, 6.45) is 3.89. The first-order valence-electron chi connectivity index (χ1n) is 9.31. The Balaban J connectivity index is 1.65. The number of rotatable bonds is 5. The minimum Gasteiger partial charge on any atom is -0.345 e. The summed E-state index contributed by atoms with van der Waals surface area (Å²) in [5, 5.41) is 3.46. The van der Waals surface area contributed by atoms with Crippen molar-refractivity contribution in [3.63, 3.8) is 0 Å². The summed E-state index contributed by atoms with van der Waals surface area (Å²) in [7, 11) is 4.28. The molecule has 3 atom stereocenters. The van der Waals surface area contributed by atoms with Crippen LogP contribution < -0.4 is 5.32 Å². The van der Waals surface area contributed by atoms with E-state index >= 15 is 0 Å². The maximum Gasteiger partial charge on any atom is 0.275 e. The van der Waals surface area contributed by atoms with E-state index in [0.717, 1.165) is 12.5 Å². The average molecular weight is 330 g/mol. The van der Waals surface area contributed by atoms with Gasteiger partial charge in [-0.3, -0.25) is 4.79 Å². The molecule has 1 aromatic rings. The van der Waals surface area contributed by atoms with Gasteiger partial charge in [0, 0.05) is 11.1 Å². The minimum atomic E-state index is -0.0558. The Kier molecular flexibility index (Phi) is 4.28. The second kappa shape index (κ2) is 5.87. The Hall–Kier alpha value is -1.35. The molecule has 2 aliphatic rings. The van der Waals surface area contributed by atoms with Crippen molar-refractivity contribution >= 4 is 5.91 Å². The molecule has 3 rings (SSSR count). The van der Waals surface area contributed by atoms with Crippen molar-refractivity contribution in [1.82, 2.24) is 5.32 Å². The zero-order chi connectivity index (χ0) is 17.6. The number of amides is 1. The van der Waals surface area contributed by atoms with Crippen LogP contribution in [0.1, 0.15) is 45.6 Å². The molecule has 2 fully saturated rings. The topological polar surface area (TPSA) is 29.1 Å².